The summed E-state index contributed by atoms with van der Waals surface area (Å²) < 4.78 is 49.4. The molecule has 0 spiro atoms. The maximum atomic E-state index is 13.5. The molecule has 0 aliphatic carbocycles. The van der Waals surface area contributed by atoms with E-state index in [-0.39, 0.29) is 45.3 Å². The van der Waals surface area contributed by atoms with Crippen molar-refractivity contribution in [3.63, 3.8) is 0 Å². The van der Waals surface area contributed by atoms with E-state index in [1.54, 1.807) is 12.1 Å². The third-order valence-electron chi connectivity index (χ3n) is 5.93. The van der Waals surface area contributed by atoms with Crippen LogP contribution in [-0.4, -0.2) is 59.9 Å². The quantitative estimate of drug-likeness (QED) is 0.261. The van der Waals surface area contributed by atoms with Gasteiger partial charge in [-0.05, 0) is 23.3 Å². The molecule has 0 radical (unpaired) electrons. The normalized spacial score (nSPS) is 20.4. The number of hydrogen-bond donors (Lipinski definition) is 2. The largest absolute Gasteiger partial charge is 0.388 e. The number of nitrogens with zero attached hydrogens (tertiary/aromatic N) is 1. The highest BCUT2D eigenvalue weighted by atomic mass is 31.2. The Kier molecular flexibility index (Phi) is 11.5. The van der Waals surface area contributed by atoms with Crippen molar-refractivity contribution in [2.75, 3.05) is 26.9 Å². The summed E-state index contributed by atoms with van der Waals surface area (Å²) >= 11 is 0. The van der Waals surface area contributed by atoms with E-state index < -0.39 is 44.4 Å². The van der Waals surface area contributed by atoms with Gasteiger partial charge in [0.15, 0.2) is 6.23 Å². The zero-order valence-corrected chi connectivity index (χ0v) is 22.8. The first-order chi connectivity index (χ1) is 19.4. The second kappa shape index (κ2) is 15.3. The maximum Gasteiger partial charge on any atom is 0.333 e. The van der Waals surface area contributed by atoms with Crippen LogP contribution in [0, 0.1) is 5.82 Å². The van der Waals surface area contributed by atoms with Crippen LogP contribution in [0.25, 0.3) is 0 Å². The van der Waals surface area contributed by atoms with Crippen LogP contribution in [0.3, 0.4) is 0 Å². The Morgan fingerprint density at radius 1 is 1.05 bits per heavy atom. The van der Waals surface area contributed by atoms with Crippen LogP contribution in [-0.2, 0) is 41.0 Å². The van der Waals surface area contributed by atoms with E-state index in [2.05, 4.69) is 4.98 Å². The third-order valence-corrected chi connectivity index (χ3v) is 6.99. The highest BCUT2D eigenvalue weighted by molar-refractivity contribution is 7.41. The minimum absolute atomic E-state index is 0.0191. The third kappa shape index (κ3) is 9.12. The molecule has 2 N–H and O–H groups in total. The molecule has 40 heavy (non-hydrogen) atoms. The number of aromatic nitrogens is 2. The topological polar surface area (TPSA) is 130 Å². The summed E-state index contributed by atoms with van der Waals surface area (Å²) in [6, 6.07) is 16.8. The molecule has 11 nitrogen and oxygen atoms in total. The fourth-order valence-electron chi connectivity index (χ4n) is 3.99. The molecule has 0 amide bonds. The molecule has 1 fully saturated rings. The van der Waals surface area contributed by atoms with Gasteiger partial charge >= 0.3 is 14.3 Å². The predicted molar refractivity (Wildman–Crippen MR) is 143 cm³/mol. The van der Waals surface area contributed by atoms with E-state index in [1.165, 1.54) is 31.5 Å². The second-order valence-corrected chi connectivity index (χ2v) is 10.3. The number of ether oxygens (including phenoxy) is 3. The summed E-state index contributed by atoms with van der Waals surface area (Å²) in [6.07, 6.45) is -1.54. The molecule has 2 heterocycles. The Morgan fingerprint density at radius 2 is 1.85 bits per heavy atom. The maximum absolute atomic E-state index is 13.5. The summed E-state index contributed by atoms with van der Waals surface area (Å²) in [7, 11) is -0.342. The van der Waals surface area contributed by atoms with Crippen molar-refractivity contribution in [3.8, 4) is 0 Å². The Morgan fingerprint density at radius 3 is 2.60 bits per heavy atom. The molecular weight excluding hydrogens is 546 g/mol. The highest BCUT2D eigenvalue weighted by Gasteiger charge is 2.36. The standard InChI is InChI=1S/C27H32FN2O9P/c1-34-16-23(35-14-20-8-5-9-21(28)12-20)18-38-40(36-15-19-6-3-2-4-7-19)37-17-22-13-24(31)26(39-22)30-11-10-25(32)29-27(30)33/h2-12,22-24,26,31H,13-18H2,1H3,(H,29,32,33). The van der Waals surface area contributed by atoms with Crippen LogP contribution >= 0.6 is 8.60 Å². The van der Waals surface area contributed by atoms with E-state index in [1.807, 2.05) is 30.3 Å². The number of aliphatic hydroxyl groups excluding tert-OH is 1. The number of H-pyrrole nitrogens is 1. The zero-order valence-electron chi connectivity index (χ0n) is 21.9. The van der Waals surface area contributed by atoms with Crippen LogP contribution in [0.2, 0.25) is 0 Å². The number of hydrogen-bond acceptors (Lipinski definition) is 9. The molecule has 13 heteroatoms. The SMILES string of the molecule is COCC(COP(OCc1ccccc1)OCC1CC(O)C(n2ccc(=O)[nH]c2=O)O1)OCc1cccc(F)c1. The molecule has 1 saturated heterocycles. The lowest BCUT2D eigenvalue weighted by Crippen LogP contribution is -2.34. The lowest BCUT2D eigenvalue weighted by molar-refractivity contribution is -0.0561. The molecular formula is C27H32FN2O9P. The van der Waals surface area contributed by atoms with E-state index in [0.29, 0.717) is 5.56 Å². The highest BCUT2D eigenvalue weighted by Crippen LogP contribution is 2.42. The fraction of sp³-hybridized carbons (Fsp3) is 0.407. The molecule has 1 aliphatic heterocycles. The van der Waals surface area contributed by atoms with Gasteiger partial charge in [0.25, 0.3) is 5.56 Å². The molecule has 5 unspecified atom stereocenters. The van der Waals surface area contributed by atoms with Crippen molar-refractivity contribution in [1.29, 1.82) is 0 Å². The van der Waals surface area contributed by atoms with Crippen molar-refractivity contribution >= 4 is 8.60 Å². The lowest BCUT2D eigenvalue weighted by Gasteiger charge is -2.22. The van der Waals surface area contributed by atoms with Crippen LogP contribution in [0.5, 0.6) is 0 Å². The van der Waals surface area contributed by atoms with Gasteiger partial charge in [0.1, 0.15) is 18.0 Å². The van der Waals surface area contributed by atoms with Crippen LogP contribution < -0.4 is 11.2 Å². The minimum Gasteiger partial charge on any atom is -0.388 e. The molecule has 216 valence electrons. The van der Waals surface area contributed by atoms with Gasteiger partial charge in [-0.3, -0.25) is 14.3 Å². The summed E-state index contributed by atoms with van der Waals surface area (Å²) in [4.78, 5) is 25.7. The number of nitrogens with one attached hydrogen (secondary N) is 1. The van der Waals surface area contributed by atoms with Gasteiger partial charge in [-0.25, -0.2) is 9.18 Å². The first-order valence-corrected chi connectivity index (χ1v) is 13.7. The van der Waals surface area contributed by atoms with E-state index in [9.17, 15) is 19.1 Å². The summed E-state index contributed by atoms with van der Waals surface area (Å²) in [5, 5.41) is 10.5. The molecule has 0 saturated carbocycles. The smallest absolute Gasteiger partial charge is 0.333 e. The molecule has 3 aromatic rings. The van der Waals surface area contributed by atoms with Crippen LogP contribution in [0.4, 0.5) is 4.39 Å². The summed E-state index contributed by atoms with van der Waals surface area (Å²) in [6.45, 7) is 0.719. The van der Waals surface area contributed by atoms with Crippen LogP contribution in [0.1, 0.15) is 23.8 Å². The number of aliphatic hydroxyl groups is 1. The second-order valence-electron chi connectivity index (χ2n) is 9.06. The average molecular weight is 579 g/mol. The molecule has 2 aromatic carbocycles. The summed E-state index contributed by atoms with van der Waals surface area (Å²) in [5.41, 5.74) is 0.368. The Balaban J connectivity index is 1.35. The van der Waals surface area contributed by atoms with Crippen molar-refractivity contribution < 1.29 is 37.3 Å². The molecule has 1 aliphatic rings. The first kappa shape index (κ1) is 30.2. The Hall–Kier alpha value is -2.80. The first-order valence-electron chi connectivity index (χ1n) is 12.6. The minimum atomic E-state index is -1.88. The van der Waals surface area contributed by atoms with E-state index in [0.717, 1.165) is 10.1 Å². The van der Waals surface area contributed by atoms with Gasteiger partial charge in [0.2, 0.25) is 0 Å². The lowest BCUT2D eigenvalue weighted by atomic mass is 10.2. The van der Waals surface area contributed by atoms with Crippen molar-refractivity contribution in [3.05, 3.63) is 105 Å². The zero-order chi connectivity index (χ0) is 28.3. The average Bonchev–Trinajstić information content (AvgIpc) is 3.31. The van der Waals surface area contributed by atoms with Crippen molar-refractivity contribution in [2.24, 2.45) is 0 Å². The monoisotopic (exact) mass is 578 g/mol. The molecule has 4 rings (SSSR count). The fourth-order valence-corrected chi connectivity index (χ4v) is 5.04. The van der Waals surface area contributed by atoms with E-state index >= 15 is 0 Å². The molecule has 0 bridgehead atoms. The van der Waals surface area contributed by atoms with Gasteiger partial charge in [-0.2, -0.15) is 0 Å². The van der Waals surface area contributed by atoms with Gasteiger partial charge in [0, 0.05) is 25.8 Å². The number of benzene rings is 2. The number of rotatable bonds is 15. The van der Waals surface area contributed by atoms with E-state index in [4.69, 9.17) is 27.8 Å². The number of methoxy groups -OCH3 is 1. The van der Waals surface area contributed by atoms with Gasteiger partial charge < -0.3 is 32.9 Å². The van der Waals surface area contributed by atoms with Crippen LogP contribution in [0.15, 0.2) is 76.4 Å². The Labute approximate surface area is 231 Å². The van der Waals surface area contributed by atoms with Crippen molar-refractivity contribution in [1.82, 2.24) is 9.55 Å². The van der Waals surface area contributed by atoms with Gasteiger partial charge in [0.05, 0.1) is 39.1 Å². The summed E-state index contributed by atoms with van der Waals surface area (Å²) in [5.74, 6) is -0.348. The van der Waals surface area contributed by atoms with Gasteiger partial charge in [-0.1, -0.05) is 42.5 Å². The number of halogens is 1. The molecule has 1 aromatic heterocycles. The number of aromatic amines is 1. The molecule has 5 atom stereocenters. The van der Waals surface area contributed by atoms with Gasteiger partial charge in [-0.15, -0.1) is 0 Å². The van der Waals surface area contributed by atoms with Crippen molar-refractivity contribution in [2.45, 2.75) is 44.2 Å². The predicted octanol–water partition coefficient (Wildman–Crippen LogP) is 3.03. The Bertz CT molecular complexity index is 1310.